The number of aliphatic hydroxyl groups is 1. The maximum absolute atomic E-state index is 10.3. The SMILES string of the molecule is NC1CN(C(=O)O)CC1O. The second-order valence-corrected chi connectivity index (χ2v) is 2.42. The molecular formula is C5H10N2O3. The van der Waals surface area contributed by atoms with Crippen LogP contribution in [0.2, 0.25) is 0 Å². The molecule has 1 fully saturated rings. The van der Waals surface area contributed by atoms with E-state index in [0.717, 1.165) is 4.90 Å². The van der Waals surface area contributed by atoms with Crippen molar-refractivity contribution in [2.24, 2.45) is 5.73 Å². The Balaban J connectivity index is 2.49. The van der Waals surface area contributed by atoms with E-state index < -0.39 is 18.2 Å². The number of rotatable bonds is 0. The Bertz CT molecular complexity index is 140. The van der Waals surface area contributed by atoms with E-state index in [4.69, 9.17) is 15.9 Å². The molecular weight excluding hydrogens is 136 g/mol. The quantitative estimate of drug-likeness (QED) is 0.395. The molecule has 5 nitrogen and oxygen atoms in total. The predicted octanol–water partition coefficient (Wildman–Crippen LogP) is -1.33. The monoisotopic (exact) mass is 146 g/mol. The number of aliphatic hydroxyl groups excluding tert-OH is 1. The molecule has 0 aliphatic carbocycles. The summed E-state index contributed by atoms with van der Waals surface area (Å²) >= 11 is 0. The van der Waals surface area contributed by atoms with Gasteiger partial charge in [0.15, 0.2) is 0 Å². The van der Waals surface area contributed by atoms with Crippen LogP contribution in [0.3, 0.4) is 0 Å². The Kier molecular flexibility index (Phi) is 1.78. The number of hydrogen-bond donors (Lipinski definition) is 3. The second-order valence-electron chi connectivity index (χ2n) is 2.42. The van der Waals surface area contributed by atoms with Gasteiger partial charge in [0.05, 0.1) is 18.7 Å². The molecule has 0 radical (unpaired) electrons. The summed E-state index contributed by atoms with van der Waals surface area (Å²) in [4.78, 5) is 11.4. The van der Waals surface area contributed by atoms with Gasteiger partial charge in [-0.15, -0.1) is 0 Å². The summed E-state index contributed by atoms with van der Waals surface area (Å²) in [6, 6.07) is -0.420. The Hall–Kier alpha value is -0.810. The maximum Gasteiger partial charge on any atom is 0.407 e. The molecule has 1 saturated heterocycles. The van der Waals surface area contributed by atoms with Gasteiger partial charge in [-0.3, -0.25) is 0 Å². The third-order valence-electron chi connectivity index (χ3n) is 1.60. The lowest BCUT2D eigenvalue weighted by molar-refractivity contribution is 0.138. The minimum absolute atomic E-state index is 0.135. The molecule has 10 heavy (non-hydrogen) atoms. The predicted molar refractivity (Wildman–Crippen MR) is 33.6 cm³/mol. The molecule has 0 aromatic rings. The molecule has 5 heteroatoms. The van der Waals surface area contributed by atoms with Gasteiger partial charge in [0.25, 0.3) is 0 Å². The van der Waals surface area contributed by atoms with Crippen molar-refractivity contribution in [1.29, 1.82) is 0 Å². The van der Waals surface area contributed by atoms with Crippen molar-refractivity contribution in [3.63, 3.8) is 0 Å². The van der Waals surface area contributed by atoms with Gasteiger partial charge in [-0.2, -0.15) is 0 Å². The van der Waals surface area contributed by atoms with Crippen molar-refractivity contribution in [3.05, 3.63) is 0 Å². The molecule has 0 aromatic carbocycles. The summed E-state index contributed by atoms with van der Waals surface area (Å²) in [6.45, 7) is 0.368. The van der Waals surface area contributed by atoms with Crippen LogP contribution in [0.25, 0.3) is 0 Å². The molecule has 2 atom stereocenters. The first-order valence-corrected chi connectivity index (χ1v) is 3.03. The van der Waals surface area contributed by atoms with E-state index in [-0.39, 0.29) is 13.1 Å². The van der Waals surface area contributed by atoms with Gasteiger partial charge in [0.2, 0.25) is 0 Å². The molecule has 1 aliphatic rings. The Labute approximate surface area is 58.0 Å². The lowest BCUT2D eigenvalue weighted by Crippen LogP contribution is -2.33. The molecule has 1 aliphatic heterocycles. The van der Waals surface area contributed by atoms with Gasteiger partial charge >= 0.3 is 6.09 Å². The van der Waals surface area contributed by atoms with Gasteiger partial charge in [0, 0.05) is 6.54 Å². The van der Waals surface area contributed by atoms with E-state index in [0.29, 0.717) is 0 Å². The maximum atomic E-state index is 10.3. The van der Waals surface area contributed by atoms with Crippen molar-refractivity contribution in [1.82, 2.24) is 4.90 Å². The molecule has 0 spiro atoms. The molecule has 2 unspecified atom stereocenters. The Morgan fingerprint density at radius 1 is 1.60 bits per heavy atom. The highest BCUT2D eigenvalue weighted by Gasteiger charge is 2.30. The van der Waals surface area contributed by atoms with Crippen LogP contribution in [0.15, 0.2) is 0 Å². The molecule has 1 amide bonds. The van der Waals surface area contributed by atoms with Crippen LogP contribution in [0.1, 0.15) is 0 Å². The second kappa shape index (κ2) is 2.43. The summed E-state index contributed by atoms with van der Waals surface area (Å²) in [7, 11) is 0. The van der Waals surface area contributed by atoms with E-state index in [1.54, 1.807) is 0 Å². The number of amides is 1. The van der Waals surface area contributed by atoms with Crippen LogP contribution < -0.4 is 5.73 Å². The van der Waals surface area contributed by atoms with Gasteiger partial charge < -0.3 is 20.8 Å². The highest BCUT2D eigenvalue weighted by molar-refractivity contribution is 5.65. The number of nitrogens with zero attached hydrogens (tertiary/aromatic N) is 1. The van der Waals surface area contributed by atoms with Crippen molar-refractivity contribution in [3.8, 4) is 0 Å². The molecule has 58 valence electrons. The van der Waals surface area contributed by atoms with Crippen LogP contribution in [0.5, 0.6) is 0 Å². The fraction of sp³-hybridized carbons (Fsp3) is 0.800. The summed E-state index contributed by atoms with van der Waals surface area (Å²) in [5, 5.41) is 17.4. The molecule has 0 bridgehead atoms. The number of carbonyl (C=O) groups is 1. The molecule has 4 N–H and O–H groups in total. The fourth-order valence-corrected chi connectivity index (χ4v) is 0.968. The topological polar surface area (TPSA) is 86.8 Å². The number of β-amino-alcohol motifs (C(OH)–C–C–N with tert-alkyl or cyclic N) is 1. The zero-order chi connectivity index (χ0) is 7.72. The third kappa shape index (κ3) is 1.19. The highest BCUT2D eigenvalue weighted by atomic mass is 16.4. The van der Waals surface area contributed by atoms with E-state index in [1.165, 1.54) is 0 Å². The number of carboxylic acid groups (broad SMARTS) is 1. The van der Waals surface area contributed by atoms with Crippen molar-refractivity contribution >= 4 is 6.09 Å². The third-order valence-corrected chi connectivity index (χ3v) is 1.60. The molecule has 1 rings (SSSR count). The first kappa shape index (κ1) is 7.30. The summed E-state index contributed by atoms with van der Waals surface area (Å²) in [5.41, 5.74) is 5.35. The van der Waals surface area contributed by atoms with Crippen LogP contribution in [-0.2, 0) is 0 Å². The summed E-state index contributed by atoms with van der Waals surface area (Å²) in [5.74, 6) is 0. The van der Waals surface area contributed by atoms with E-state index in [9.17, 15) is 4.79 Å². The minimum Gasteiger partial charge on any atom is -0.465 e. The molecule has 0 aromatic heterocycles. The van der Waals surface area contributed by atoms with Gasteiger partial charge in [-0.05, 0) is 0 Å². The molecule has 0 saturated carbocycles. The minimum atomic E-state index is -1.02. The molecule has 1 heterocycles. The standard InChI is InChI=1S/C5H10N2O3/c6-3-1-7(5(9)10)2-4(3)8/h3-4,8H,1-2,6H2,(H,9,10). The van der Waals surface area contributed by atoms with Crippen LogP contribution in [0.4, 0.5) is 4.79 Å². The van der Waals surface area contributed by atoms with E-state index in [2.05, 4.69) is 0 Å². The van der Waals surface area contributed by atoms with Crippen molar-refractivity contribution < 1.29 is 15.0 Å². The lowest BCUT2D eigenvalue weighted by Gasteiger charge is -2.08. The zero-order valence-electron chi connectivity index (χ0n) is 5.40. The average Bonchev–Trinajstić information content (AvgIpc) is 2.13. The van der Waals surface area contributed by atoms with E-state index in [1.807, 2.05) is 0 Å². The van der Waals surface area contributed by atoms with Crippen molar-refractivity contribution in [2.75, 3.05) is 13.1 Å². The van der Waals surface area contributed by atoms with Crippen LogP contribution >= 0.6 is 0 Å². The summed E-state index contributed by atoms with van der Waals surface area (Å²) in [6.07, 6.45) is -1.72. The van der Waals surface area contributed by atoms with Gasteiger partial charge in [-0.1, -0.05) is 0 Å². The van der Waals surface area contributed by atoms with E-state index >= 15 is 0 Å². The first-order chi connectivity index (χ1) is 4.61. The van der Waals surface area contributed by atoms with Gasteiger partial charge in [-0.25, -0.2) is 4.79 Å². The van der Waals surface area contributed by atoms with Crippen LogP contribution in [-0.4, -0.2) is 46.4 Å². The normalized spacial score (nSPS) is 32.8. The number of hydrogen-bond acceptors (Lipinski definition) is 3. The summed E-state index contributed by atoms with van der Waals surface area (Å²) < 4.78 is 0. The zero-order valence-corrected chi connectivity index (χ0v) is 5.40. The first-order valence-electron chi connectivity index (χ1n) is 3.03. The van der Waals surface area contributed by atoms with Gasteiger partial charge in [0.1, 0.15) is 0 Å². The highest BCUT2D eigenvalue weighted by Crippen LogP contribution is 2.07. The Morgan fingerprint density at radius 2 is 2.20 bits per heavy atom. The lowest BCUT2D eigenvalue weighted by atomic mass is 10.2. The van der Waals surface area contributed by atoms with Crippen LogP contribution in [0, 0.1) is 0 Å². The van der Waals surface area contributed by atoms with Crippen molar-refractivity contribution in [2.45, 2.75) is 12.1 Å². The smallest absolute Gasteiger partial charge is 0.407 e. The number of likely N-dealkylation sites (tertiary alicyclic amines) is 1. The fourth-order valence-electron chi connectivity index (χ4n) is 0.968. The average molecular weight is 146 g/mol. The number of nitrogens with two attached hydrogens (primary N) is 1. The Morgan fingerprint density at radius 3 is 2.40 bits per heavy atom. The largest absolute Gasteiger partial charge is 0.465 e.